The molecule has 5 nitrogen and oxygen atoms in total. The van der Waals surface area contributed by atoms with E-state index in [1.54, 1.807) is 12.1 Å². The molecule has 1 heterocycles. The Morgan fingerprint density at radius 3 is 2.53 bits per heavy atom. The smallest absolute Gasteiger partial charge is 0.263 e. The lowest BCUT2D eigenvalue weighted by molar-refractivity contribution is 0.600. The van der Waals surface area contributed by atoms with Crippen LogP contribution in [0.25, 0.3) is 0 Å². The van der Waals surface area contributed by atoms with Crippen LogP contribution in [0, 0.1) is 6.92 Å². The molecule has 0 unspecified atom stereocenters. The van der Waals surface area contributed by atoms with Crippen LogP contribution >= 0.6 is 11.6 Å². The van der Waals surface area contributed by atoms with E-state index in [0.717, 1.165) is 17.8 Å². The molecule has 2 rings (SSSR count). The SMILES string of the molecule is Cc1ccc(NS(=O)(=O)c2ccc(=O)[nH]c2)cc1Cl. The average molecular weight is 299 g/mol. The molecule has 0 saturated heterocycles. The number of anilines is 1. The molecular weight excluding hydrogens is 288 g/mol. The van der Waals surface area contributed by atoms with Gasteiger partial charge in [-0.3, -0.25) is 9.52 Å². The number of hydrogen-bond acceptors (Lipinski definition) is 3. The topological polar surface area (TPSA) is 79.0 Å². The molecule has 1 aromatic heterocycles. The minimum absolute atomic E-state index is 0.0243. The third-order valence-electron chi connectivity index (χ3n) is 2.49. The first kappa shape index (κ1) is 13.6. The number of sulfonamides is 1. The van der Waals surface area contributed by atoms with Gasteiger partial charge < -0.3 is 4.98 Å². The molecule has 2 aromatic rings. The number of hydrogen-bond donors (Lipinski definition) is 2. The summed E-state index contributed by atoms with van der Waals surface area (Å²) in [4.78, 5) is 13.2. The molecule has 0 aliphatic heterocycles. The fourth-order valence-electron chi connectivity index (χ4n) is 1.43. The molecule has 0 radical (unpaired) electrons. The Kier molecular flexibility index (Phi) is 3.64. The van der Waals surface area contributed by atoms with Gasteiger partial charge in [0, 0.05) is 17.3 Å². The number of aromatic amines is 1. The molecule has 0 aliphatic carbocycles. The molecule has 0 aliphatic rings. The van der Waals surface area contributed by atoms with Crippen LogP contribution < -0.4 is 10.3 Å². The van der Waals surface area contributed by atoms with Crippen molar-refractivity contribution in [3.63, 3.8) is 0 Å². The Morgan fingerprint density at radius 1 is 1.21 bits per heavy atom. The van der Waals surface area contributed by atoms with Crippen LogP contribution in [0.2, 0.25) is 5.02 Å². The molecule has 0 saturated carbocycles. The lowest BCUT2D eigenvalue weighted by atomic mass is 10.2. The van der Waals surface area contributed by atoms with Crippen molar-refractivity contribution in [1.29, 1.82) is 0 Å². The Bertz CT molecular complexity index is 748. The van der Waals surface area contributed by atoms with Crippen LogP contribution in [0.15, 0.2) is 46.2 Å². The van der Waals surface area contributed by atoms with Crippen LogP contribution in [0.5, 0.6) is 0 Å². The van der Waals surface area contributed by atoms with Crippen molar-refractivity contribution in [1.82, 2.24) is 4.98 Å². The van der Waals surface area contributed by atoms with Crippen LogP contribution in [0.1, 0.15) is 5.56 Å². The number of aryl methyl sites for hydroxylation is 1. The summed E-state index contributed by atoms with van der Waals surface area (Å²) in [6.45, 7) is 1.82. The fourth-order valence-corrected chi connectivity index (χ4v) is 2.63. The van der Waals surface area contributed by atoms with Gasteiger partial charge >= 0.3 is 0 Å². The van der Waals surface area contributed by atoms with E-state index in [1.165, 1.54) is 12.1 Å². The summed E-state index contributed by atoms with van der Waals surface area (Å²) < 4.78 is 26.5. The van der Waals surface area contributed by atoms with Crippen molar-refractivity contribution in [2.75, 3.05) is 4.72 Å². The third-order valence-corrected chi connectivity index (χ3v) is 4.28. The number of halogens is 1. The van der Waals surface area contributed by atoms with Crippen molar-refractivity contribution >= 4 is 27.3 Å². The molecule has 0 atom stereocenters. The van der Waals surface area contributed by atoms with Gasteiger partial charge in [0.1, 0.15) is 4.90 Å². The minimum atomic E-state index is -3.74. The van der Waals surface area contributed by atoms with Gasteiger partial charge in [-0.25, -0.2) is 8.42 Å². The molecule has 0 amide bonds. The first-order valence-corrected chi connectivity index (χ1v) is 7.22. The van der Waals surface area contributed by atoms with Gasteiger partial charge in [0.05, 0.1) is 5.69 Å². The van der Waals surface area contributed by atoms with E-state index < -0.39 is 10.0 Å². The Labute approximate surface area is 115 Å². The zero-order valence-corrected chi connectivity index (χ0v) is 11.5. The van der Waals surface area contributed by atoms with Gasteiger partial charge in [-0.2, -0.15) is 0 Å². The predicted molar refractivity (Wildman–Crippen MR) is 74.1 cm³/mol. The first-order chi connectivity index (χ1) is 8.88. The lowest BCUT2D eigenvalue weighted by Crippen LogP contribution is -2.15. The highest BCUT2D eigenvalue weighted by molar-refractivity contribution is 7.92. The predicted octanol–water partition coefficient (Wildman–Crippen LogP) is 2.14. The Hall–Kier alpha value is -1.79. The largest absolute Gasteiger partial charge is 0.328 e. The summed E-state index contributed by atoms with van der Waals surface area (Å²) in [6, 6.07) is 7.24. The highest BCUT2D eigenvalue weighted by atomic mass is 35.5. The second kappa shape index (κ2) is 5.07. The normalized spacial score (nSPS) is 11.3. The summed E-state index contributed by atoms with van der Waals surface area (Å²) in [5.74, 6) is 0. The zero-order chi connectivity index (χ0) is 14.0. The minimum Gasteiger partial charge on any atom is -0.328 e. The Morgan fingerprint density at radius 2 is 1.95 bits per heavy atom. The summed E-state index contributed by atoms with van der Waals surface area (Å²) in [6.07, 6.45) is 1.14. The summed E-state index contributed by atoms with van der Waals surface area (Å²) >= 11 is 5.93. The number of rotatable bonds is 3. The average Bonchev–Trinajstić information content (AvgIpc) is 2.34. The molecule has 1 aromatic carbocycles. The van der Waals surface area contributed by atoms with Crippen LogP contribution in [0.3, 0.4) is 0 Å². The van der Waals surface area contributed by atoms with E-state index >= 15 is 0 Å². The van der Waals surface area contributed by atoms with E-state index in [2.05, 4.69) is 9.71 Å². The van der Waals surface area contributed by atoms with Gasteiger partial charge in [0.2, 0.25) is 5.56 Å². The lowest BCUT2D eigenvalue weighted by Gasteiger charge is -2.08. The van der Waals surface area contributed by atoms with Crippen molar-refractivity contribution in [3.05, 3.63) is 57.5 Å². The maximum atomic E-state index is 12.0. The van der Waals surface area contributed by atoms with Gasteiger partial charge in [-0.1, -0.05) is 17.7 Å². The van der Waals surface area contributed by atoms with E-state index in [1.807, 2.05) is 6.92 Å². The van der Waals surface area contributed by atoms with E-state index in [0.29, 0.717) is 10.7 Å². The van der Waals surface area contributed by atoms with Crippen LogP contribution in [-0.2, 0) is 10.0 Å². The van der Waals surface area contributed by atoms with E-state index in [-0.39, 0.29) is 10.5 Å². The third kappa shape index (κ3) is 3.15. The van der Waals surface area contributed by atoms with Crippen LogP contribution in [-0.4, -0.2) is 13.4 Å². The van der Waals surface area contributed by atoms with Crippen molar-refractivity contribution in [2.45, 2.75) is 11.8 Å². The molecule has 7 heteroatoms. The van der Waals surface area contributed by atoms with Crippen LogP contribution in [0.4, 0.5) is 5.69 Å². The summed E-state index contributed by atoms with van der Waals surface area (Å²) in [5, 5.41) is 0.474. The van der Waals surface area contributed by atoms with Crippen molar-refractivity contribution in [2.24, 2.45) is 0 Å². The van der Waals surface area contributed by atoms with E-state index in [4.69, 9.17) is 11.6 Å². The van der Waals surface area contributed by atoms with Crippen molar-refractivity contribution < 1.29 is 8.42 Å². The molecule has 19 heavy (non-hydrogen) atoms. The maximum absolute atomic E-state index is 12.0. The maximum Gasteiger partial charge on any atom is 0.263 e. The summed E-state index contributed by atoms with van der Waals surface area (Å²) in [5.41, 5.74) is 0.854. The number of pyridine rings is 1. The summed E-state index contributed by atoms with van der Waals surface area (Å²) in [7, 11) is -3.74. The quantitative estimate of drug-likeness (QED) is 0.911. The first-order valence-electron chi connectivity index (χ1n) is 5.36. The molecule has 0 spiro atoms. The van der Waals surface area contributed by atoms with Crippen molar-refractivity contribution in [3.8, 4) is 0 Å². The molecule has 2 N–H and O–H groups in total. The molecule has 100 valence electrons. The highest BCUT2D eigenvalue weighted by Gasteiger charge is 2.14. The second-order valence-electron chi connectivity index (χ2n) is 3.96. The second-order valence-corrected chi connectivity index (χ2v) is 6.05. The monoisotopic (exact) mass is 298 g/mol. The number of aromatic nitrogens is 1. The highest BCUT2D eigenvalue weighted by Crippen LogP contribution is 2.22. The molecule has 0 bridgehead atoms. The number of H-pyrrole nitrogens is 1. The van der Waals surface area contributed by atoms with E-state index in [9.17, 15) is 13.2 Å². The number of nitrogens with one attached hydrogen (secondary N) is 2. The van der Waals surface area contributed by atoms with Gasteiger partial charge in [0.25, 0.3) is 10.0 Å². The number of benzene rings is 1. The Balaban J connectivity index is 2.33. The van der Waals surface area contributed by atoms with Gasteiger partial charge in [-0.05, 0) is 30.7 Å². The zero-order valence-electron chi connectivity index (χ0n) is 9.98. The standard InChI is InChI=1S/C12H11ClN2O3S/c1-8-2-3-9(6-11(8)13)15-19(17,18)10-4-5-12(16)14-7-10/h2-7,15H,1H3,(H,14,16). The molecule has 0 fully saturated rings. The van der Waals surface area contributed by atoms with Gasteiger partial charge in [0.15, 0.2) is 0 Å². The van der Waals surface area contributed by atoms with Gasteiger partial charge in [-0.15, -0.1) is 0 Å². The molecular formula is C12H11ClN2O3S. The fraction of sp³-hybridized carbons (Fsp3) is 0.0833.